The van der Waals surface area contributed by atoms with Gasteiger partial charge in [-0.05, 0) is 50.0 Å². The Kier molecular flexibility index (Phi) is 7.20. The second-order valence-corrected chi connectivity index (χ2v) is 6.04. The number of nitrogens with one attached hydrogen (secondary N) is 1. The highest BCUT2D eigenvalue weighted by Crippen LogP contribution is 2.27. The zero-order valence-corrected chi connectivity index (χ0v) is 14.4. The Labute approximate surface area is 139 Å². The summed E-state index contributed by atoms with van der Waals surface area (Å²) in [4.78, 5) is 7.07. The Morgan fingerprint density at radius 3 is 2.87 bits per heavy atom. The molecule has 5 heteroatoms. The van der Waals surface area contributed by atoms with Gasteiger partial charge in [0.2, 0.25) is 0 Å². The molecule has 0 aliphatic carbocycles. The molecule has 0 radical (unpaired) electrons. The highest BCUT2D eigenvalue weighted by atomic mass is 16.5. The maximum atomic E-state index is 5.99. The van der Waals surface area contributed by atoms with Crippen molar-refractivity contribution in [3.05, 3.63) is 29.8 Å². The SMILES string of the molecule is CCCCNC(N)=NCC(c1cccc(OC)c1)N1CCCC1. The number of nitrogens with zero attached hydrogens (tertiary/aromatic N) is 2. The lowest BCUT2D eigenvalue weighted by Crippen LogP contribution is -2.34. The number of nitrogens with two attached hydrogens (primary N) is 1. The molecule has 3 N–H and O–H groups in total. The van der Waals surface area contributed by atoms with Crippen LogP contribution in [0.3, 0.4) is 0 Å². The molecule has 0 bridgehead atoms. The van der Waals surface area contributed by atoms with Crippen LogP contribution in [0.25, 0.3) is 0 Å². The summed E-state index contributed by atoms with van der Waals surface area (Å²) in [7, 11) is 1.71. The van der Waals surface area contributed by atoms with Gasteiger partial charge in [-0.25, -0.2) is 0 Å². The lowest BCUT2D eigenvalue weighted by atomic mass is 10.1. The van der Waals surface area contributed by atoms with Crippen LogP contribution in [0.2, 0.25) is 0 Å². The van der Waals surface area contributed by atoms with Crippen LogP contribution in [-0.4, -0.2) is 44.1 Å². The standard InChI is InChI=1S/C18H30N4O/c1-3-4-10-20-18(19)21-14-17(22-11-5-6-12-22)15-8-7-9-16(13-15)23-2/h7-9,13,17H,3-6,10-12,14H2,1-2H3,(H3,19,20,21). The van der Waals surface area contributed by atoms with Crippen molar-refractivity contribution in [1.29, 1.82) is 0 Å². The summed E-state index contributed by atoms with van der Waals surface area (Å²) in [5, 5.41) is 3.19. The molecule has 1 atom stereocenters. The molecule has 1 unspecified atom stereocenters. The van der Waals surface area contributed by atoms with Crippen LogP contribution in [0, 0.1) is 0 Å². The molecule has 0 aromatic heterocycles. The minimum absolute atomic E-state index is 0.263. The minimum Gasteiger partial charge on any atom is -0.497 e. The van der Waals surface area contributed by atoms with E-state index in [1.54, 1.807) is 7.11 Å². The Balaban J connectivity index is 2.06. The second-order valence-electron chi connectivity index (χ2n) is 6.04. The van der Waals surface area contributed by atoms with E-state index in [0.717, 1.165) is 38.2 Å². The highest BCUT2D eigenvalue weighted by Gasteiger charge is 2.23. The van der Waals surface area contributed by atoms with Crippen molar-refractivity contribution >= 4 is 5.96 Å². The van der Waals surface area contributed by atoms with Gasteiger partial charge in [0.1, 0.15) is 5.75 Å². The fraction of sp³-hybridized carbons (Fsp3) is 0.611. The number of benzene rings is 1. The number of aliphatic imine (C=N–C) groups is 1. The van der Waals surface area contributed by atoms with Crippen molar-refractivity contribution < 1.29 is 4.74 Å². The first kappa shape index (κ1) is 17.6. The number of rotatable bonds is 8. The van der Waals surface area contributed by atoms with Crippen LogP contribution in [0.15, 0.2) is 29.3 Å². The lowest BCUT2D eigenvalue weighted by molar-refractivity contribution is 0.251. The zero-order chi connectivity index (χ0) is 16.5. The first-order chi connectivity index (χ1) is 11.2. The molecule has 128 valence electrons. The molecule has 1 fully saturated rings. The molecule has 23 heavy (non-hydrogen) atoms. The lowest BCUT2D eigenvalue weighted by Gasteiger charge is -2.27. The van der Waals surface area contributed by atoms with Gasteiger partial charge in [-0.15, -0.1) is 0 Å². The average Bonchev–Trinajstić information content (AvgIpc) is 3.10. The van der Waals surface area contributed by atoms with Gasteiger partial charge in [0.15, 0.2) is 5.96 Å². The van der Waals surface area contributed by atoms with Gasteiger partial charge >= 0.3 is 0 Å². The molecule has 1 aromatic carbocycles. The molecule has 1 saturated heterocycles. The number of unbranched alkanes of at least 4 members (excludes halogenated alkanes) is 1. The molecule has 0 spiro atoms. The Bertz CT molecular complexity index is 498. The fourth-order valence-electron chi connectivity index (χ4n) is 2.97. The zero-order valence-electron chi connectivity index (χ0n) is 14.4. The van der Waals surface area contributed by atoms with Gasteiger partial charge in [-0.2, -0.15) is 0 Å². The van der Waals surface area contributed by atoms with E-state index >= 15 is 0 Å². The van der Waals surface area contributed by atoms with Crippen molar-refractivity contribution in [3.63, 3.8) is 0 Å². The summed E-state index contributed by atoms with van der Waals surface area (Å²) >= 11 is 0. The Morgan fingerprint density at radius 2 is 2.17 bits per heavy atom. The Morgan fingerprint density at radius 1 is 1.39 bits per heavy atom. The third kappa shape index (κ3) is 5.43. The molecule has 0 amide bonds. The van der Waals surface area contributed by atoms with Gasteiger partial charge < -0.3 is 15.8 Å². The van der Waals surface area contributed by atoms with Crippen LogP contribution in [-0.2, 0) is 0 Å². The third-order valence-electron chi connectivity index (χ3n) is 4.33. The second kappa shape index (κ2) is 9.40. The third-order valence-corrected chi connectivity index (χ3v) is 4.33. The van der Waals surface area contributed by atoms with Crippen molar-refractivity contribution in [2.75, 3.05) is 33.3 Å². The van der Waals surface area contributed by atoms with Crippen molar-refractivity contribution in [2.45, 2.75) is 38.6 Å². The van der Waals surface area contributed by atoms with E-state index < -0.39 is 0 Å². The van der Waals surface area contributed by atoms with E-state index in [0.29, 0.717) is 12.5 Å². The summed E-state index contributed by atoms with van der Waals surface area (Å²) in [6, 6.07) is 8.55. The average molecular weight is 318 g/mol. The summed E-state index contributed by atoms with van der Waals surface area (Å²) in [6.07, 6.45) is 4.78. The van der Waals surface area contributed by atoms with E-state index in [4.69, 9.17) is 10.5 Å². The quantitative estimate of drug-likeness (QED) is 0.439. The van der Waals surface area contributed by atoms with Gasteiger partial charge in [0.25, 0.3) is 0 Å². The number of hydrogen-bond acceptors (Lipinski definition) is 3. The smallest absolute Gasteiger partial charge is 0.188 e. The molecule has 1 aliphatic rings. The highest BCUT2D eigenvalue weighted by molar-refractivity contribution is 5.77. The maximum Gasteiger partial charge on any atom is 0.188 e. The predicted molar refractivity (Wildman–Crippen MR) is 95.9 cm³/mol. The van der Waals surface area contributed by atoms with E-state index in [-0.39, 0.29) is 6.04 Å². The first-order valence-electron chi connectivity index (χ1n) is 8.66. The van der Waals surface area contributed by atoms with Crippen molar-refractivity contribution in [2.24, 2.45) is 10.7 Å². The Hall–Kier alpha value is -1.75. The first-order valence-corrected chi connectivity index (χ1v) is 8.66. The number of ether oxygens (including phenoxy) is 1. The van der Waals surface area contributed by atoms with Crippen molar-refractivity contribution in [1.82, 2.24) is 10.2 Å². The van der Waals surface area contributed by atoms with Crippen molar-refractivity contribution in [3.8, 4) is 5.75 Å². The maximum absolute atomic E-state index is 5.99. The molecular weight excluding hydrogens is 288 g/mol. The van der Waals surface area contributed by atoms with Crippen LogP contribution < -0.4 is 15.8 Å². The molecule has 5 nitrogen and oxygen atoms in total. The number of guanidine groups is 1. The van der Waals surface area contributed by atoms with E-state index in [1.165, 1.54) is 18.4 Å². The van der Waals surface area contributed by atoms with E-state index in [2.05, 4.69) is 34.3 Å². The summed E-state index contributed by atoms with van der Waals surface area (Å²) in [5.74, 6) is 1.44. The van der Waals surface area contributed by atoms with Crippen LogP contribution in [0.4, 0.5) is 0 Å². The number of methoxy groups -OCH3 is 1. The van der Waals surface area contributed by atoms with Gasteiger partial charge in [0.05, 0.1) is 19.7 Å². The molecular formula is C18H30N4O. The van der Waals surface area contributed by atoms with Gasteiger partial charge in [-0.3, -0.25) is 9.89 Å². The number of likely N-dealkylation sites (tertiary alicyclic amines) is 1. The summed E-state index contributed by atoms with van der Waals surface area (Å²) < 4.78 is 5.37. The van der Waals surface area contributed by atoms with Gasteiger partial charge in [0, 0.05) is 6.54 Å². The largest absolute Gasteiger partial charge is 0.497 e. The molecule has 2 rings (SSSR count). The van der Waals surface area contributed by atoms with Crippen LogP contribution in [0.1, 0.15) is 44.2 Å². The monoisotopic (exact) mass is 318 g/mol. The molecule has 0 saturated carbocycles. The molecule has 1 heterocycles. The summed E-state index contributed by atoms with van der Waals surface area (Å²) in [5.41, 5.74) is 7.24. The minimum atomic E-state index is 0.263. The predicted octanol–water partition coefficient (Wildman–Crippen LogP) is 2.54. The van der Waals surface area contributed by atoms with E-state index in [1.807, 2.05) is 12.1 Å². The summed E-state index contributed by atoms with van der Waals surface area (Å²) in [6.45, 7) is 5.99. The fourth-order valence-corrected chi connectivity index (χ4v) is 2.97. The number of hydrogen-bond donors (Lipinski definition) is 2. The molecule has 1 aliphatic heterocycles. The topological polar surface area (TPSA) is 62.9 Å². The van der Waals surface area contributed by atoms with Gasteiger partial charge in [-0.1, -0.05) is 25.5 Å². The van der Waals surface area contributed by atoms with E-state index in [9.17, 15) is 0 Å². The normalized spacial score (nSPS) is 17.2. The van der Waals surface area contributed by atoms with Crippen LogP contribution in [0.5, 0.6) is 5.75 Å². The van der Waals surface area contributed by atoms with Crippen LogP contribution >= 0.6 is 0 Å². The molecule has 1 aromatic rings.